The summed E-state index contributed by atoms with van der Waals surface area (Å²) >= 11 is 0. The van der Waals surface area contributed by atoms with Crippen molar-refractivity contribution in [1.82, 2.24) is 0 Å². The van der Waals surface area contributed by atoms with Crippen molar-refractivity contribution in [1.29, 1.82) is 0 Å². The molecular formula is C23H32O4Si. The minimum absolute atomic E-state index is 0.112. The molecule has 0 aliphatic heterocycles. The first-order valence-electron chi connectivity index (χ1n) is 9.38. The molecule has 5 heteroatoms. The van der Waals surface area contributed by atoms with E-state index in [1.165, 1.54) is 0 Å². The standard InChI is InChI=1S/C23H32O4Si/c1-23(2,3)28(7,8)27-22-15-17(11-12-21(22)26-6)9-10-18-13-19(24-4)16-20(14-18)25-5/h9-16H,1-8H3/b10-9+. The summed E-state index contributed by atoms with van der Waals surface area (Å²) in [6.45, 7) is 11.2. The smallest absolute Gasteiger partial charge is 0.250 e. The second-order valence-corrected chi connectivity index (χ2v) is 13.0. The summed E-state index contributed by atoms with van der Waals surface area (Å²) in [7, 11) is 3.01. The molecular weight excluding hydrogens is 368 g/mol. The van der Waals surface area contributed by atoms with Gasteiger partial charge in [0.05, 0.1) is 21.3 Å². The van der Waals surface area contributed by atoms with E-state index in [0.717, 1.165) is 34.1 Å². The maximum Gasteiger partial charge on any atom is 0.250 e. The molecule has 0 radical (unpaired) electrons. The Bertz CT molecular complexity index is 813. The molecule has 0 bridgehead atoms. The van der Waals surface area contributed by atoms with Gasteiger partial charge in [0, 0.05) is 6.07 Å². The number of hydrogen-bond donors (Lipinski definition) is 0. The first-order valence-corrected chi connectivity index (χ1v) is 12.3. The predicted molar refractivity (Wildman–Crippen MR) is 119 cm³/mol. The van der Waals surface area contributed by atoms with Crippen LogP contribution in [0.4, 0.5) is 0 Å². The Morgan fingerprint density at radius 2 is 1.29 bits per heavy atom. The lowest BCUT2D eigenvalue weighted by Gasteiger charge is -2.36. The van der Waals surface area contributed by atoms with Crippen molar-refractivity contribution in [3.8, 4) is 23.0 Å². The van der Waals surface area contributed by atoms with E-state index in [2.05, 4.69) is 33.9 Å². The fourth-order valence-corrected chi connectivity index (χ4v) is 3.44. The van der Waals surface area contributed by atoms with Gasteiger partial charge in [0.15, 0.2) is 5.75 Å². The molecule has 2 aromatic carbocycles. The fourth-order valence-electron chi connectivity index (χ4n) is 2.42. The normalized spacial score (nSPS) is 12.1. The highest BCUT2D eigenvalue weighted by molar-refractivity contribution is 6.74. The Hall–Kier alpha value is -2.40. The number of ether oxygens (including phenoxy) is 3. The Labute approximate surface area is 170 Å². The zero-order valence-corrected chi connectivity index (χ0v) is 19.3. The highest BCUT2D eigenvalue weighted by atomic mass is 28.4. The molecule has 0 heterocycles. The molecule has 0 atom stereocenters. The van der Waals surface area contributed by atoms with E-state index in [1.807, 2.05) is 48.6 Å². The van der Waals surface area contributed by atoms with Crippen LogP contribution in [0.15, 0.2) is 36.4 Å². The summed E-state index contributed by atoms with van der Waals surface area (Å²) in [5.74, 6) is 3.07. The number of benzene rings is 2. The van der Waals surface area contributed by atoms with Gasteiger partial charge in [-0.25, -0.2) is 0 Å². The molecule has 0 aliphatic carbocycles. The Morgan fingerprint density at radius 3 is 1.79 bits per heavy atom. The van der Waals surface area contributed by atoms with E-state index in [9.17, 15) is 0 Å². The molecule has 0 aliphatic rings. The molecule has 152 valence electrons. The highest BCUT2D eigenvalue weighted by Crippen LogP contribution is 2.40. The zero-order chi connectivity index (χ0) is 20.9. The monoisotopic (exact) mass is 400 g/mol. The number of hydrogen-bond acceptors (Lipinski definition) is 4. The largest absolute Gasteiger partial charge is 0.541 e. The van der Waals surface area contributed by atoms with Gasteiger partial charge in [0.25, 0.3) is 8.32 Å². The number of rotatable bonds is 7. The van der Waals surface area contributed by atoms with Crippen LogP contribution in [0, 0.1) is 0 Å². The average molecular weight is 401 g/mol. The van der Waals surface area contributed by atoms with Crippen LogP contribution in [0.2, 0.25) is 18.1 Å². The second kappa shape index (κ2) is 8.74. The van der Waals surface area contributed by atoms with E-state index in [1.54, 1.807) is 21.3 Å². The third-order valence-electron chi connectivity index (χ3n) is 5.20. The van der Waals surface area contributed by atoms with Crippen molar-refractivity contribution in [2.45, 2.75) is 38.9 Å². The van der Waals surface area contributed by atoms with Crippen molar-refractivity contribution in [3.63, 3.8) is 0 Å². The molecule has 2 rings (SSSR count). The van der Waals surface area contributed by atoms with Gasteiger partial charge in [-0.1, -0.05) is 39.0 Å². The molecule has 28 heavy (non-hydrogen) atoms. The quantitative estimate of drug-likeness (QED) is 0.406. The van der Waals surface area contributed by atoms with Crippen molar-refractivity contribution in [3.05, 3.63) is 47.5 Å². The highest BCUT2D eigenvalue weighted by Gasteiger charge is 2.39. The van der Waals surface area contributed by atoms with Gasteiger partial charge < -0.3 is 18.6 Å². The Morgan fingerprint density at radius 1 is 0.714 bits per heavy atom. The Balaban J connectivity index is 2.34. The van der Waals surface area contributed by atoms with E-state index < -0.39 is 8.32 Å². The van der Waals surface area contributed by atoms with Crippen LogP contribution >= 0.6 is 0 Å². The van der Waals surface area contributed by atoms with E-state index in [0.29, 0.717) is 0 Å². The van der Waals surface area contributed by atoms with Crippen molar-refractivity contribution in [2.75, 3.05) is 21.3 Å². The van der Waals surface area contributed by atoms with Crippen molar-refractivity contribution < 1.29 is 18.6 Å². The van der Waals surface area contributed by atoms with Crippen LogP contribution in [0.3, 0.4) is 0 Å². The lowest BCUT2D eigenvalue weighted by atomic mass is 10.1. The molecule has 0 aromatic heterocycles. The van der Waals surface area contributed by atoms with Gasteiger partial charge in [-0.2, -0.15) is 0 Å². The molecule has 0 saturated heterocycles. The molecule has 0 spiro atoms. The second-order valence-electron chi connectivity index (χ2n) is 8.25. The third-order valence-corrected chi connectivity index (χ3v) is 9.54. The molecule has 0 N–H and O–H groups in total. The number of methoxy groups -OCH3 is 3. The van der Waals surface area contributed by atoms with Crippen molar-refractivity contribution in [2.24, 2.45) is 0 Å². The molecule has 0 amide bonds. The lowest BCUT2D eigenvalue weighted by Crippen LogP contribution is -2.43. The SMILES string of the molecule is COc1cc(/C=C/c2ccc(OC)c(O[Si](C)(C)C(C)(C)C)c2)cc(OC)c1. The molecule has 0 saturated carbocycles. The van der Waals surface area contributed by atoms with Gasteiger partial charge >= 0.3 is 0 Å². The summed E-state index contributed by atoms with van der Waals surface area (Å²) in [5.41, 5.74) is 2.04. The summed E-state index contributed by atoms with van der Waals surface area (Å²) in [4.78, 5) is 0. The van der Waals surface area contributed by atoms with Crippen LogP contribution in [-0.2, 0) is 0 Å². The lowest BCUT2D eigenvalue weighted by molar-refractivity contribution is 0.386. The average Bonchev–Trinajstić information content (AvgIpc) is 2.65. The van der Waals surface area contributed by atoms with Crippen LogP contribution in [0.1, 0.15) is 31.9 Å². The van der Waals surface area contributed by atoms with Gasteiger partial charge in [0.1, 0.15) is 17.2 Å². The van der Waals surface area contributed by atoms with Crippen LogP contribution < -0.4 is 18.6 Å². The van der Waals surface area contributed by atoms with E-state index in [4.69, 9.17) is 18.6 Å². The fraction of sp³-hybridized carbons (Fsp3) is 0.391. The van der Waals surface area contributed by atoms with Crippen molar-refractivity contribution >= 4 is 20.5 Å². The van der Waals surface area contributed by atoms with Gasteiger partial charge in [-0.3, -0.25) is 0 Å². The predicted octanol–water partition coefficient (Wildman–Crippen LogP) is 6.27. The van der Waals surface area contributed by atoms with Gasteiger partial charge in [-0.05, 0) is 53.5 Å². The molecule has 4 nitrogen and oxygen atoms in total. The summed E-state index contributed by atoms with van der Waals surface area (Å²) < 4.78 is 22.7. The minimum Gasteiger partial charge on any atom is -0.541 e. The first kappa shape index (κ1) is 21.9. The topological polar surface area (TPSA) is 36.9 Å². The minimum atomic E-state index is -1.97. The first-order chi connectivity index (χ1) is 13.1. The Kier molecular flexibility index (Phi) is 6.83. The summed E-state index contributed by atoms with van der Waals surface area (Å²) in [6, 6.07) is 11.8. The molecule has 0 fully saturated rings. The van der Waals surface area contributed by atoms with Gasteiger partial charge in [0.2, 0.25) is 0 Å². The molecule has 0 unspecified atom stereocenters. The van der Waals surface area contributed by atoms with Crippen LogP contribution in [0.5, 0.6) is 23.0 Å². The summed E-state index contributed by atoms with van der Waals surface area (Å²) in [5, 5.41) is 0.112. The van der Waals surface area contributed by atoms with E-state index in [-0.39, 0.29) is 5.04 Å². The van der Waals surface area contributed by atoms with Crippen LogP contribution in [-0.4, -0.2) is 29.6 Å². The zero-order valence-electron chi connectivity index (χ0n) is 18.3. The molecule has 2 aromatic rings. The third kappa shape index (κ3) is 5.32. The van der Waals surface area contributed by atoms with Crippen LogP contribution in [0.25, 0.3) is 12.2 Å². The van der Waals surface area contributed by atoms with Gasteiger partial charge in [-0.15, -0.1) is 0 Å². The maximum absolute atomic E-state index is 6.49. The summed E-state index contributed by atoms with van der Waals surface area (Å²) in [6.07, 6.45) is 4.08. The maximum atomic E-state index is 6.49. The van der Waals surface area contributed by atoms with E-state index >= 15 is 0 Å².